The number of amides is 3. The number of carbonyl (C=O) groups excluding carboxylic acids is 3. The first-order valence-electron chi connectivity index (χ1n) is 9.07. The van der Waals surface area contributed by atoms with Gasteiger partial charge in [-0.2, -0.15) is 0 Å². The van der Waals surface area contributed by atoms with Crippen molar-refractivity contribution in [2.75, 3.05) is 18.4 Å². The molecule has 0 unspecified atom stereocenters. The van der Waals surface area contributed by atoms with E-state index in [1.54, 1.807) is 23.1 Å². The summed E-state index contributed by atoms with van der Waals surface area (Å²) in [6.07, 6.45) is 2.72. The first-order valence-corrected chi connectivity index (χ1v) is 9.07. The number of nitrogens with two attached hydrogens (primary N) is 1. The van der Waals surface area contributed by atoms with Crippen molar-refractivity contribution in [3.8, 4) is 0 Å². The zero-order valence-electron chi connectivity index (χ0n) is 15.1. The highest BCUT2D eigenvalue weighted by atomic mass is 16.2. The van der Waals surface area contributed by atoms with Gasteiger partial charge in [0.25, 0.3) is 5.91 Å². The highest BCUT2D eigenvalue weighted by molar-refractivity contribution is 6.39. The summed E-state index contributed by atoms with van der Waals surface area (Å²) in [5.74, 6) is -1.46. The fraction of sp³-hybridized carbons (Fsp3) is 0.286. The number of nitrogens with one attached hydrogen (secondary N) is 1. The monoisotopic (exact) mass is 365 g/mol. The average Bonchev–Trinajstić information content (AvgIpc) is 2.69. The van der Waals surface area contributed by atoms with Gasteiger partial charge >= 0.3 is 11.8 Å². The first-order chi connectivity index (χ1) is 13.0. The van der Waals surface area contributed by atoms with Crippen LogP contribution in [0.2, 0.25) is 0 Å². The number of para-hydroxylation sites is 1. The van der Waals surface area contributed by atoms with E-state index < -0.39 is 17.7 Å². The van der Waals surface area contributed by atoms with Gasteiger partial charge in [0.15, 0.2) is 0 Å². The number of likely N-dealkylation sites (tertiary alicyclic amines) is 1. The largest absolute Gasteiger partial charge is 0.366 e. The average molecular weight is 365 g/mol. The fourth-order valence-electron chi connectivity index (χ4n) is 3.41. The molecule has 6 heteroatoms. The number of nitrogens with zero attached hydrogens (tertiary/aromatic N) is 1. The summed E-state index contributed by atoms with van der Waals surface area (Å²) in [5, 5.41) is 2.51. The SMILES string of the molecule is NC(=O)c1ccccc1NC(=O)C(=O)N1CCC(Cc2ccccc2)CC1. The van der Waals surface area contributed by atoms with E-state index in [0.717, 1.165) is 19.3 Å². The first kappa shape index (κ1) is 18.6. The lowest BCUT2D eigenvalue weighted by molar-refractivity contribution is -0.144. The second kappa shape index (κ2) is 8.49. The van der Waals surface area contributed by atoms with Crippen molar-refractivity contribution < 1.29 is 14.4 Å². The maximum atomic E-state index is 12.4. The zero-order chi connectivity index (χ0) is 19.2. The number of rotatable bonds is 4. The van der Waals surface area contributed by atoms with E-state index in [1.165, 1.54) is 11.6 Å². The predicted octanol–water partition coefficient (Wildman–Crippen LogP) is 2.21. The molecule has 3 amide bonds. The molecule has 0 spiro atoms. The molecule has 0 aromatic heterocycles. The van der Waals surface area contributed by atoms with Crippen LogP contribution in [0.3, 0.4) is 0 Å². The van der Waals surface area contributed by atoms with Crippen LogP contribution in [0.15, 0.2) is 54.6 Å². The molecule has 1 aliphatic rings. The third-order valence-corrected chi connectivity index (χ3v) is 4.90. The van der Waals surface area contributed by atoms with Crippen molar-refractivity contribution in [3.05, 3.63) is 65.7 Å². The minimum atomic E-state index is -0.745. The molecule has 0 aliphatic carbocycles. The Morgan fingerprint density at radius 2 is 1.59 bits per heavy atom. The van der Waals surface area contributed by atoms with E-state index in [4.69, 9.17) is 5.73 Å². The van der Waals surface area contributed by atoms with Crippen LogP contribution in [0, 0.1) is 5.92 Å². The van der Waals surface area contributed by atoms with Gasteiger partial charge in [-0.3, -0.25) is 14.4 Å². The van der Waals surface area contributed by atoms with E-state index in [0.29, 0.717) is 19.0 Å². The number of anilines is 1. The van der Waals surface area contributed by atoms with Gasteiger partial charge in [-0.05, 0) is 42.9 Å². The zero-order valence-corrected chi connectivity index (χ0v) is 15.1. The van der Waals surface area contributed by atoms with E-state index in [1.807, 2.05) is 18.2 Å². The summed E-state index contributed by atoms with van der Waals surface area (Å²) >= 11 is 0. The number of piperidine rings is 1. The van der Waals surface area contributed by atoms with Crippen molar-refractivity contribution in [1.82, 2.24) is 4.90 Å². The number of primary amides is 1. The number of hydrogen-bond acceptors (Lipinski definition) is 3. The van der Waals surface area contributed by atoms with Crippen molar-refractivity contribution >= 4 is 23.4 Å². The topological polar surface area (TPSA) is 92.5 Å². The molecule has 0 radical (unpaired) electrons. The maximum Gasteiger partial charge on any atom is 0.313 e. The molecule has 1 aliphatic heterocycles. The minimum Gasteiger partial charge on any atom is -0.366 e. The van der Waals surface area contributed by atoms with Crippen LogP contribution in [0.25, 0.3) is 0 Å². The maximum absolute atomic E-state index is 12.4. The summed E-state index contributed by atoms with van der Waals surface area (Å²) in [6, 6.07) is 16.7. The molecule has 3 N–H and O–H groups in total. The summed E-state index contributed by atoms with van der Waals surface area (Å²) in [7, 11) is 0. The molecule has 2 aromatic rings. The van der Waals surface area contributed by atoms with Crippen molar-refractivity contribution in [1.29, 1.82) is 0 Å². The summed E-state index contributed by atoms with van der Waals surface area (Å²) in [6.45, 7) is 1.11. The van der Waals surface area contributed by atoms with Crippen LogP contribution in [0.4, 0.5) is 5.69 Å². The van der Waals surface area contributed by atoms with Gasteiger partial charge in [0.05, 0.1) is 11.3 Å². The third-order valence-electron chi connectivity index (χ3n) is 4.90. The second-order valence-electron chi connectivity index (χ2n) is 6.79. The Morgan fingerprint density at radius 1 is 0.963 bits per heavy atom. The van der Waals surface area contributed by atoms with Crippen molar-refractivity contribution in [3.63, 3.8) is 0 Å². The Balaban J connectivity index is 1.55. The lowest BCUT2D eigenvalue weighted by Gasteiger charge is -2.31. The predicted molar refractivity (Wildman–Crippen MR) is 103 cm³/mol. The molecular weight excluding hydrogens is 342 g/mol. The van der Waals surface area contributed by atoms with Gasteiger partial charge in [-0.25, -0.2) is 0 Å². The van der Waals surface area contributed by atoms with E-state index in [9.17, 15) is 14.4 Å². The Labute approximate surface area is 158 Å². The highest BCUT2D eigenvalue weighted by Crippen LogP contribution is 2.22. The van der Waals surface area contributed by atoms with E-state index >= 15 is 0 Å². The van der Waals surface area contributed by atoms with Crippen LogP contribution >= 0.6 is 0 Å². The molecule has 1 fully saturated rings. The lowest BCUT2D eigenvalue weighted by Crippen LogP contribution is -2.44. The molecule has 0 saturated carbocycles. The van der Waals surface area contributed by atoms with Crippen molar-refractivity contribution in [2.45, 2.75) is 19.3 Å². The molecule has 27 heavy (non-hydrogen) atoms. The lowest BCUT2D eigenvalue weighted by atomic mass is 9.90. The molecular formula is C21H23N3O3. The van der Waals surface area contributed by atoms with Crippen LogP contribution in [0.5, 0.6) is 0 Å². The second-order valence-corrected chi connectivity index (χ2v) is 6.79. The van der Waals surface area contributed by atoms with Crippen LogP contribution in [-0.2, 0) is 16.0 Å². The summed E-state index contributed by atoms with van der Waals surface area (Å²) in [4.78, 5) is 37.8. The molecule has 2 aromatic carbocycles. The molecule has 140 valence electrons. The number of benzene rings is 2. The van der Waals surface area contributed by atoms with Crippen LogP contribution in [0.1, 0.15) is 28.8 Å². The molecule has 1 saturated heterocycles. The van der Waals surface area contributed by atoms with E-state index in [-0.39, 0.29) is 11.3 Å². The Hall–Kier alpha value is -3.15. The number of carbonyl (C=O) groups is 3. The molecule has 0 atom stereocenters. The van der Waals surface area contributed by atoms with Crippen LogP contribution in [-0.4, -0.2) is 35.7 Å². The van der Waals surface area contributed by atoms with Gasteiger partial charge in [-0.15, -0.1) is 0 Å². The normalized spacial score (nSPS) is 14.6. The van der Waals surface area contributed by atoms with Gasteiger partial charge in [0.2, 0.25) is 0 Å². The van der Waals surface area contributed by atoms with E-state index in [2.05, 4.69) is 17.4 Å². The summed E-state index contributed by atoms with van der Waals surface area (Å²) in [5.41, 5.74) is 7.03. The van der Waals surface area contributed by atoms with Gasteiger partial charge in [0, 0.05) is 13.1 Å². The highest BCUT2D eigenvalue weighted by Gasteiger charge is 2.27. The van der Waals surface area contributed by atoms with Gasteiger partial charge in [0.1, 0.15) is 0 Å². The smallest absolute Gasteiger partial charge is 0.313 e. The minimum absolute atomic E-state index is 0.181. The standard InChI is InChI=1S/C21H23N3O3/c22-19(25)17-8-4-5-9-18(17)23-20(26)21(27)24-12-10-16(11-13-24)14-15-6-2-1-3-7-15/h1-9,16H,10-14H2,(H2,22,25)(H,23,26). The Kier molecular flexibility index (Phi) is 5.86. The van der Waals surface area contributed by atoms with Gasteiger partial charge in [-0.1, -0.05) is 42.5 Å². The molecule has 3 rings (SSSR count). The summed E-state index contributed by atoms with van der Waals surface area (Å²) < 4.78 is 0. The Morgan fingerprint density at radius 3 is 2.26 bits per heavy atom. The van der Waals surface area contributed by atoms with Crippen molar-refractivity contribution in [2.24, 2.45) is 11.7 Å². The quantitative estimate of drug-likeness (QED) is 0.814. The molecule has 1 heterocycles. The third kappa shape index (κ3) is 4.73. The van der Waals surface area contributed by atoms with Crippen LogP contribution < -0.4 is 11.1 Å². The Bertz CT molecular complexity index is 828. The fourth-order valence-corrected chi connectivity index (χ4v) is 3.41. The van der Waals surface area contributed by atoms with Gasteiger partial charge < -0.3 is 16.0 Å². The molecule has 0 bridgehead atoms. The number of hydrogen-bond donors (Lipinski definition) is 2. The molecule has 6 nitrogen and oxygen atoms in total.